The molecule has 1 aromatic carbocycles. The van der Waals surface area contributed by atoms with Gasteiger partial charge in [0.15, 0.2) is 15.6 Å². The third-order valence-corrected chi connectivity index (χ3v) is 7.30. The summed E-state index contributed by atoms with van der Waals surface area (Å²) in [6.45, 7) is 8.53. The van der Waals surface area contributed by atoms with Crippen LogP contribution in [0.4, 0.5) is 5.95 Å². The fraction of sp³-hybridized carbons (Fsp3) is 0.435. The average Bonchev–Trinajstić information content (AvgIpc) is 3.08. The number of hydrogen-bond donors (Lipinski definition) is 1. The second-order valence-electron chi connectivity index (χ2n) is 8.78. The number of hydrogen-bond acceptors (Lipinski definition) is 7. The normalized spacial score (nSPS) is 16.6. The lowest BCUT2D eigenvalue weighted by Crippen LogP contribution is -2.41. The Labute approximate surface area is 187 Å². The summed E-state index contributed by atoms with van der Waals surface area (Å²) in [5, 5.41) is 10.6. The van der Waals surface area contributed by atoms with Crippen molar-refractivity contribution in [3.8, 4) is 0 Å². The van der Waals surface area contributed by atoms with Gasteiger partial charge in [0, 0.05) is 42.1 Å². The van der Waals surface area contributed by atoms with E-state index in [-0.39, 0.29) is 29.2 Å². The number of carbonyl (C=O) groups is 1. The zero-order valence-corrected chi connectivity index (χ0v) is 19.8. The standard InChI is InChI=1S/C23H28N4O4S/c1-13(2)22-20-9-16-8-17(12-28)21(32(5,30)31)10-19(16)26(20)6-7-27(22)23-24-11-18(15(4)29)14(3)25-23/h8-11,13,22,28H,6-7,12H2,1-5H3/t22-/m0/s1. The minimum absolute atomic E-state index is 0.0296. The second kappa shape index (κ2) is 7.97. The zero-order chi connectivity index (χ0) is 23.4. The Kier molecular flexibility index (Phi) is 5.58. The lowest BCUT2D eigenvalue weighted by atomic mass is 9.97. The first-order valence-electron chi connectivity index (χ1n) is 10.6. The number of aryl methyl sites for hydroxylation is 1. The fourth-order valence-electron chi connectivity index (χ4n) is 4.69. The minimum Gasteiger partial charge on any atom is -0.392 e. The van der Waals surface area contributed by atoms with Crippen molar-refractivity contribution in [1.82, 2.24) is 14.5 Å². The lowest BCUT2D eigenvalue weighted by molar-refractivity contribution is 0.101. The molecule has 1 aliphatic heterocycles. The molecule has 3 aromatic rings. The molecule has 4 rings (SSSR count). The van der Waals surface area contributed by atoms with E-state index in [1.165, 1.54) is 6.92 Å². The van der Waals surface area contributed by atoms with Crippen LogP contribution >= 0.6 is 0 Å². The summed E-state index contributed by atoms with van der Waals surface area (Å²) in [5.74, 6) is 0.742. The molecular weight excluding hydrogens is 428 g/mol. The first-order chi connectivity index (χ1) is 15.0. The first kappa shape index (κ1) is 22.4. The molecule has 0 saturated carbocycles. The Morgan fingerprint density at radius 2 is 1.97 bits per heavy atom. The predicted octanol–water partition coefficient (Wildman–Crippen LogP) is 3.06. The largest absolute Gasteiger partial charge is 0.392 e. The number of Topliss-reactive ketones (excluding diaryl/α,β-unsaturated/α-hetero) is 1. The van der Waals surface area contributed by atoms with Gasteiger partial charge in [0.05, 0.1) is 28.8 Å². The molecule has 0 spiro atoms. The summed E-state index contributed by atoms with van der Waals surface area (Å²) in [7, 11) is -3.47. The van der Waals surface area contributed by atoms with Gasteiger partial charge in [-0.3, -0.25) is 4.79 Å². The van der Waals surface area contributed by atoms with E-state index < -0.39 is 9.84 Å². The van der Waals surface area contributed by atoms with Crippen molar-refractivity contribution >= 4 is 32.5 Å². The molecule has 0 bridgehead atoms. The van der Waals surface area contributed by atoms with Gasteiger partial charge in [-0.05, 0) is 43.5 Å². The van der Waals surface area contributed by atoms with Crippen LogP contribution in [0.15, 0.2) is 29.3 Å². The molecule has 170 valence electrons. The van der Waals surface area contributed by atoms with Crippen LogP contribution in [-0.4, -0.2) is 46.6 Å². The fourth-order valence-corrected chi connectivity index (χ4v) is 5.62. The maximum Gasteiger partial charge on any atom is 0.226 e. The maximum absolute atomic E-state index is 12.3. The maximum atomic E-state index is 12.3. The number of aromatic nitrogens is 3. The molecule has 1 N–H and O–H groups in total. The number of anilines is 1. The Hall–Kier alpha value is -2.78. The molecular formula is C23H28N4O4S. The second-order valence-corrected chi connectivity index (χ2v) is 10.8. The van der Waals surface area contributed by atoms with Crippen molar-refractivity contribution in [3.05, 3.63) is 46.9 Å². The molecule has 9 heteroatoms. The number of sulfone groups is 1. The van der Waals surface area contributed by atoms with Crippen molar-refractivity contribution < 1.29 is 18.3 Å². The van der Waals surface area contributed by atoms with Gasteiger partial charge in [-0.2, -0.15) is 0 Å². The Balaban J connectivity index is 1.86. The van der Waals surface area contributed by atoms with Crippen LogP contribution in [0.25, 0.3) is 10.9 Å². The summed E-state index contributed by atoms with van der Waals surface area (Å²) in [5.41, 5.74) is 3.46. The van der Waals surface area contributed by atoms with Crippen LogP contribution in [0.5, 0.6) is 0 Å². The number of ketones is 1. The summed E-state index contributed by atoms with van der Waals surface area (Å²) in [4.78, 5) is 23.2. The van der Waals surface area contributed by atoms with Gasteiger partial charge in [0.25, 0.3) is 0 Å². The van der Waals surface area contributed by atoms with E-state index in [1.54, 1.807) is 18.3 Å². The highest BCUT2D eigenvalue weighted by molar-refractivity contribution is 7.90. The van der Waals surface area contributed by atoms with E-state index in [9.17, 15) is 18.3 Å². The predicted molar refractivity (Wildman–Crippen MR) is 123 cm³/mol. The van der Waals surface area contributed by atoms with Gasteiger partial charge >= 0.3 is 0 Å². The van der Waals surface area contributed by atoms with Gasteiger partial charge in [0.2, 0.25) is 5.95 Å². The van der Waals surface area contributed by atoms with Gasteiger partial charge in [-0.15, -0.1) is 0 Å². The number of aliphatic hydroxyl groups excluding tert-OH is 1. The van der Waals surface area contributed by atoms with Crippen molar-refractivity contribution in [2.75, 3.05) is 17.7 Å². The monoisotopic (exact) mass is 456 g/mol. The summed E-state index contributed by atoms with van der Waals surface area (Å²) >= 11 is 0. The van der Waals surface area contributed by atoms with E-state index in [2.05, 4.69) is 39.3 Å². The molecule has 0 aliphatic carbocycles. The van der Waals surface area contributed by atoms with Gasteiger partial charge < -0.3 is 14.6 Å². The van der Waals surface area contributed by atoms with Crippen LogP contribution in [-0.2, 0) is 23.0 Å². The van der Waals surface area contributed by atoms with Crippen molar-refractivity contribution in [2.24, 2.45) is 5.92 Å². The lowest BCUT2D eigenvalue weighted by Gasteiger charge is -2.39. The molecule has 1 atom stereocenters. The van der Waals surface area contributed by atoms with Crippen LogP contribution < -0.4 is 4.90 Å². The van der Waals surface area contributed by atoms with Gasteiger partial charge in [0.1, 0.15) is 0 Å². The quantitative estimate of drug-likeness (QED) is 0.588. The molecule has 1 aliphatic rings. The molecule has 0 saturated heterocycles. The third kappa shape index (κ3) is 3.69. The zero-order valence-electron chi connectivity index (χ0n) is 19.0. The highest BCUT2D eigenvalue weighted by Crippen LogP contribution is 2.39. The number of rotatable bonds is 5. The molecule has 0 radical (unpaired) electrons. The molecule has 3 heterocycles. The van der Waals surface area contributed by atoms with Crippen LogP contribution in [0.2, 0.25) is 0 Å². The smallest absolute Gasteiger partial charge is 0.226 e. The first-order valence-corrected chi connectivity index (χ1v) is 12.5. The SMILES string of the molecule is CC(=O)c1cnc(N2CCn3c(cc4cc(CO)c(S(C)(=O)=O)cc43)[C@@H]2C(C)C)nc1C. The topological polar surface area (TPSA) is 105 Å². The van der Waals surface area contributed by atoms with Crippen LogP contribution in [0, 0.1) is 12.8 Å². The Bertz CT molecular complexity index is 1330. The van der Waals surface area contributed by atoms with E-state index in [0.29, 0.717) is 35.9 Å². The van der Waals surface area contributed by atoms with E-state index >= 15 is 0 Å². The van der Waals surface area contributed by atoms with E-state index in [1.807, 2.05) is 6.92 Å². The van der Waals surface area contributed by atoms with Crippen LogP contribution in [0.1, 0.15) is 54.1 Å². The molecule has 2 aromatic heterocycles. The molecule has 8 nitrogen and oxygen atoms in total. The number of carbonyl (C=O) groups excluding carboxylic acids is 1. The Morgan fingerprint density at radius 1 is 1.25 bits per heavy atom. The van der Waals surface area contributed by atoms with E-state index in [0.717, 1.165) is 22.9 Å². The van der Waals surface area contributed by atoms with Crippen molar-refractivity contribution in [1.29, 1.82) is 0 Å². The number of aliphatic hydroxyl groups is 1. The van der Waals surface area contributed by atoms with Gasteiger partial charge in [-0.25, -0.2) is 18.4 Å². The van der Waals surface area contributed by atoms with Crippen LogP contribution in [0.3, 0.4) is 0 Å². The minimum atomic E-state index is -3.47. The highest BCUT2D eigenvalue weighted by atomic mass is 32.2. The van der Waals surface area contributed by atoms with Crippen molar-refractivity contribution in [2.45, 2.75) is 51.8 Å². The average molecular weight is 457 g/mol. The summed E-state index contributed by atoms with van der Waals surface area (Å²) in [6.07, 6.45) is 2.75. The molecule has 0 amide bonds. The molecule has 0 fully saturated rings. The molecule has 32 heavy (non-hydrogen) atoms. The summed E-state index contributed by atoms with van der Waals surface area (Å²) in [6, 6.07) is 5.47. The van der Waals surface area contributed by atoms with Crippen molar-refractivity contribution in [3.63, 3.8) is 0 Å². The Morgan fingerprint density at radius 3 is 2.53 bits per heavy atom. The number of benzene rings is 1. The third-order valence-electron chi connectivity index (χ3n) is 6.12. The van der Waals surface area contributed by atoms with E-state index in [4.69, 9.17) is 0 Å². The summed E-state index contributed by atoms with van der Waals surface area (Å²) < 4.78 is 26.7. The number of nitrogens with zero attached hydrogens (tertiary/aromatic N) is 4. The highest BCUT2D eigenvalue weighted by Gasteiger charge is 2.33. The van der Waals surface area contributed by atoms with Gasteiger partial charge in [-0.1, -0.05) is 13.8 Å². The molecule has 0 unspecified atom stereocenters. The number of fused-ring (bicyclic) bond motifs is 3.